The number of aromatic amines is 1. The molecule has 2 aromatic heterocycles. The fourth-order valence-corrected chi connectivity index (χ4v) is 4.60. The van der Waals surface area contributed by atoms with Crippen LogP contribution in [0.3, 0.4) is 0 Å². The summed E-state index contributed by atoms with van der Waals surface area (Å²) >= 11 is 0. The van der Waals surface area contributed by atoms with Crippen LogP contribution in [0.5, 0.6) is 0 Å². The van der Waals surface area contributed by atoms with Crippen molar-refractivity contribution in [1.82, 2.24) is 15.3 Å². The maximum atomic E-state index is 12.4. The monoisotopic (exact) mass is 335 g/mol. The summed E-state index contributed by atoms with van der Waals surface area (Å²) in [5, 5.41) is 3.01. The zero-order valence-corrected chi connectivity index (χ0v) is 13.4. The lowest BCUT2D eigenvalue weighted by Crippen LogP contribution is -2.33. The van der Waals surface area contributed by atoms with E-state index in [4.69, 9.17) is 0 Å². The van der Waals surface area contributed by atoms with Crippen molar-refractivity contribution in [2.45, 2.75) is 13.3 Å². The Balaban J connectivity index is 1.78. The summed E-state index contributed by atoms with van der Waals surface area (Å²) < 4.78 is 22.8. The number of amides is 1. The van der Waals surface area contributed by atoms with Crippen molar-refractivity contribution in [1.29, 1.82) is 0 Å². The van der Waals surface area contributed by atoms with Crippen molar-refractivity contribution < 1.29 is 13.2 Å². The Hall–Kier alpha value is -2.22. The molecule has 0 spiro atoms. The summed E-state index contributed by atoms with van der Waals surface area (Å²) in [6.45, 7) is 2.07. The predicted octanol–water partition coefficient (Wildman–Crippen LogP) is 0.396. The Morgan fingerprint density at radius 2 is 2.22 bits per heavy atom. The number of nitrogens with zero attached hydrogens (tertiary/aromatic N) is 1. The first-order valence-corrected chi connectivity index (χ1v) is 9.15. The topological polar surface area (TPSA) is 109 Å². The van der Waals surface area contributed by atoms with Crippen molar-refractivity contribution in [2.75, 3.05) is 18.1 Å². The van der Waals surface area contributed by atoms with E-state index in [1.807, 2.05) is 6.92 Å². The second-order valence-corrected chi connectivity index (χ2v) is 8.09. The van der Waals surface area contributed by atoms with Gasteiger partial charge in [-0.05, 0) is 31.4 Å². The van der Waals surface area contributed by atoms with Crippen molar-refractivity contribution in [3.05, 3.63) is 39.8 Å². The van der Waals surface area contributed by atoms with Crippen molar-refractivity contribution in [2.24, 2.45) is 5.92 Å². The fourth-order valence-electron chi connectivity index (χ4n) is 2.74. The Kier molecular flexibility index (Phi) is 3.93. The number of carbonyl (C=O) groups is 1. The molecular weight excluding hydrogens is 318 g/mol. The van der Waals surface area contributed by atoms with Crippen LogP contribution in [0.1, 0.15) is 22.5 Å². The molecule has 2 N–H and O–H groups in total. The maximum absolute atomic E-state index is 12.4. The van der Waals surface area contributed by atoms with Gasteiger partial charge in [0.05, 0.1) is 16.9 Å². The highest BCUT2D eigenvalue weighted by atomic mass is 32.2. The first kappa shape index (κ1) is 15.7. The molecule has 0 radical (unpaired) electrons. The third-order valence-corrected chi connectivity index (χ3v) is 5.84. The normalized spacial score (nSPS) is 19.8. The lowest BCUT2D eigenvalue weighted by Gasteiger charge is -2.09. The van der Waals surface area contributed by atoms with Gasteiger partial charge in [-0.3, -0.25) is 9.59 Å². The van der Waals surface area contributed by atoms with Gasteiger partial charge in [-0.1, -0.05) is 0 Å². The molecule has 1 saturated heterocycles. The van der Waals surface area contributed by atoms with Crippen LogP contribution in [0.25, 0.3) is 11.0 Å². The number of pyridine rings is 2. The van der Waals surface area contributed by atoms with Crippen LogP contribution in [0.15, 0.2) is 23.1 Å². The van der Waals surface area contributed by atoms with E-state index in [-0.39, 0.29) is 35.0 Å². The Bertz CT molecular complexity index is 933. The number of rotatable bonds is 3. The van der Waals surface area contributed by atoms with Crippen molar-refractivity contribution in [3.8, 4) is 0 Å². The van der Waals surface area contributed by atoms with E-state index >= 15 is 0 Å². The number of nitrogens with one attached hydrogen (secondary N) is 2. The van der Waals surface area contributed by atoms with Crippen molar-refractivity contribution in [3.63, 3.8) is 0 Å². The first-order chi connectivity index (χ1) is 10.9. The minimum atomic E-state index is -2.98. The lowest BCUT2D eigenvalue weighted by atomic mass is 10.1. The van der Waals surface area contributed by atoms with Crippen LogP contribution >= 0.6 is 0 Å². The number of hydrogen-bond acceptors (Lipinski definition) is 5. The fraction of sp³-hybridized carbons (Fsp3) is 0.400. The second kappa shape index (κ2) is 5.77. The van der Waals surface area contributed by atoms with E-state index in [1.54, 1.807) is 12.1 Å². The van der Waals surface area contributed by atoms with E-state index in [1.165, 1.54) is 6.20 Å². The highest BCUT2D eigenvalue weighted by Gasteiger charge is 2.28. The number of aromatic nitrogens is 2. The molecule has 1 fully saturated rings. The molecule has 0 bridgehead atoms. The van der Waals surface area contributed by atoms with E-state index in [2.05, 4.69) is 15.3 Å². The summed E-state index contributed by atoms with van der Waals surface area (Å²) in [4.78, 5) is 31.6. The SMILES string of the molecule is Cc1ccc2c(=O)c(C(=O)NCC3CCS(=O)(=O)C3)c[nH]c2n1. The van der Waals surface area contributed by atoms with Crippen molar-refractivity contribution >= 4 is 26.8 Å². The Labute approximate surface area is 133 Å². The van der Waals surface area contributed by atoms with Crippen LogP contribution in [-0.2, 0) is 9.84 Å². The molecule has 0 aromatic carbocycles. The van der Waals surface area contributed by atoms with Gasteiger partial charge in [0, 0.05) is 18.4 Å². The summed E-state index contributed by atoms with van der Waals surface area (Å²) in [6, 6.07) is 3.35. The second-order valence-electron chi connectivity index (χ2n) is 5.86. The summed E-state index contributed by atoms with van der Waals surface area (Å²) in [5.74, 6) is -0.342. The van der Waals surface area contributed by atoms with Crippen LogP contribution in [0.2, 0.25) is 0 Å². The molecule has 0 saturated carbocycles. The van der Waals surface area contributed by atoms with Crippen LogP contribution in [0, 0.1) is 12.8 Å². The highest BCUT2D eigenvalue weighted by Crippen LogP contribution is 2.17. The molecule has 122 valence electrons. The van der Waals surface area contributed by atoms with Gasteiger partial charge >= 0.3 is 0 Å². The van der Waals surface area contributed by atoms with Crippen LogP contribution in [-0.4, -0.2) is 42.3 Å². The quantitative estimate of drug-likeness (QED) is 0.844. The van der Waals surface area contributed by atoms with Gasteiger partial charge in [0.25, 0.3) is 5.91 Å². The van der Waals surface area contributed by atoms with Gasteiger partial charge in [0.1, 0.15) is 11.2 Å². The molecule has 2 aromatic rings. The molecule has 3 heterocycles. The first-order valence-electron chi connectivity index (χ1n) is 7.33. The number of aryl methyl sites for hydroxylation is 1. The van der Waals surface area contributed by atoms with Gasteiger partial charge in [0.2, 0.25) is 5.43 Å². The molecule has 8 heteroatoms. The molecule has 1 atom stereocenters. The summed E-state index contributed by atoms with van der Waals surface area (Å²) in [6.07, 6.45) is 1.89. The van der Waals surface area contributed by atoms with Gasteiger partial charge in [-0.2, -0.15) is 0 Å². The molecule has 0 aliphatic carbocycles. The van der Waals surface area contributed by atoms with E-state index in [0.717, 1.165) is 5.69 Å². The highest BCUT2D eigenvalue weighted by molar-refractivity contribution is 7.91. The molecule has 7 nitrogen and oxygen atoms in total. The van der Waals surface area contributed by atoms with Gasteiger partial charge in [0.15, 0.2) is 9.84 Å². The zero-order valence-electron chi connectivity index (χ0n) is 12.6. The number of hydrogen-bond donors (Lipinski definition) is 2. The average molecular weight is 335 g/mol. The van der Waals surface area contributed by atoms with E-state index in [9.17, 15) is 18.0 Å². The average Bonchev–Trinajstić information content (AvgIpc) is 2.84. The maximum Gasteiger partial charge on any atom is 0.256 e. The van der Waals surface area contributed by atoms with E-state index in [0.29, 0.717) is 17.5 Å². The number of sulfone groups is 1. The molecule has 1 amide bonds. The predicted molar refractivity (Wildman–Crippen MR) is 86.2 cm³/mol. The third-order valence-electron chi connectivity index (χ3n) is 4.00. The van der Waals surface area contributed by atoms with E-state index < -0.39 is 15.7 Å². The smallest absolute Gasteiger partial charge is 0.256 e. The van der Waals surface area contributed by atoms with Gasteiger partial charge in [-0.25, -0.2) is 13.4 Å². The van der Waals surface area contributed by atoms with Crippen LogP contribution < -0.4 is 10.7 Å². The third kappa shape index (κ3) is 3.26. The number of carbonyl (C=O) groups excluding carboxylic acids is 1. The minimum absolute atomic E-state index is 0.00371. The molecule has 1 aliphatic rings. The molecule has 23 heavy (non-hydrogen) atoms. The largest absolute Gasteiger partial charge is 0.352 e. The molecular formula is C15H17N3O4S. The minimum Gasteiger partial charge on any atom is -0.352 e. The lowest BCUT2D eigenvalue weighted by molar-refractivity contribution is 0.0947. The molecule has 3 rings (SSSR count). The van der Waals surface area contributed by atoms with Crippen LogP contribution in [0.4, 0.5) is 0 Å². The Morgan fingerprint density at radius 1 is 1.43 bits per heavy atom. The molecule has 1 aliphatic heterocycles. The number of fused-ring (bicyclic) bond motifs is 1. The van der Waals surface area contributed by atoms with Gasteiger partial charge in [-0.15, -0.1) is 0 Å². The summed E-state index contributed by atoms with van der Waals surface area (Å²) in [7, 11) is -2.98. The molecule has 1 unspecified atom stereocenters. The zero-order chi connectivity index (χ0) is 16.6. The number of H-pyrrole nitrogens is 1. The Morgan fingerprint density at radius 3 is 2.91 bits per heavy atom. The van der Waals surface area contributed by atoms with Gasteiger partial charge < -0.3 is 10.3 Å². The summed E-state index contributed by atoms with van der Waals surface area (Å²) in [5.41, 5.74) is 0.827. The standard InChI is InChI=1S/C15H17N3O4S/c1-9-2-3-11-13(19)12(7-16-14(11)18-9)15(20)17-6-10-4-5-23(21,22)8-10/h2-3,7,10H,4-6,8H2,1H3,(H,17,20)(H,16,18,19).